The number of benzene rings is 1. The molecule has 1 amide bonds. The second-order valence-corrected chi connectivity index (χ2v) is 5.77. The average molecular weight is 388 g/mol. The lowest BCUT2D eigenvalue weighted by atomic mass is 10.1. The van der Waals surface area contributed by atoms with Crippen LogP contribution in [-0.4, -0.2) is 58.4 Å². The highest BCUT2D eigenvalue weighted by Gasteiger charge is 2.13. The Bertz CT molecular complexity index is 842. The van der Waals surface area contributed by atoms with E-state index in [2.05, 4.69) is 15.3 Å². The van der Waals surface area contributed by atoms with Crippen LogP contribution in [0.4, 0.5) is 11.5 Å². The molecule has 1 aromatic heterocycles. The summed E-state index contributed by atoms with van der Waals surface area (Å²) in [4.78, 5) is 22.4. The molecule has 2 rings (SSSR count). The Morgan fingerprint density at radius 2 is 1.68 bits per heavy atom. The second kappa shape index (κ2) is 9.45. The zero-order valence-corrected chi connectivity index (χ0v) is 16.8. The van der Waals surface area contributed by atoms with Gasteiger partial charge in [0.1, 0.15) is 5.69 Å². The molecule has 150 valence electrons. The number of anilines is 2. The van der Waals surface area contributed by atoms with Crippen molar-refractivity contribution in [3.8, 4) is 23.3 Å². The molecule has 0 aliphatic carbocycles. The second-order valence-electron chi connectivity index (χ2n) is 5.77. The molecule has 0 aliphatic rings. The molecule has 1 N–H and O–H groups in total. The summed E-state index contributed by atoms with van der Waals surface area (Å²) in [5.41, 5.74) is 1.17. The van der Waals surface area contributed by atoms with Crippen LogP contribution in [0.2, 0.25) is 0 Å². The quantitative estimate of drug-likeness (QED) is 0.688. The Hall–Kier alpha value is -3.49. The molecule has 0 aliphatic heterocycles. The number of carbonyl (C=O) groups excluding carboxylic acids is 1. The minimum absolute atomic E-state index is 0.217. The van der Waals surface area contributed by atoms with E-state index in [1.54, 1.807) is 23.1 Å². The van der Waals surface area contributed by atoms with Gasteiger partial charge in [-0.15, -0.1) is 0 Å². The van der Waals surface area contributed by atoms with Crippen molar-refractivity contribution in [2.75, 3.05) is 52.8 Å². The zero-order valence-electron chi connectivity index (χ0n) is 16.8. The number of hydrogen-bond donors (Lipinski definition) is 1. The lowest BCUT2D eigenvalue weighted by Crippen LogP contribution is -2.17. The minimum atomic E-state index is -0.342. The number of nitrogens with one attached hydrogen (secondary N) is 1. The van der Waals surface area contributed by atoms with Crippen LogP contribution in [0, 0.1) is 0 Å². The molecular formula is C19H24N4O5. The number of amides is 1. The Balaban J connectivity index is 2.23. The molecule has 9 nitrogen and oxygen atoms in total. The number of nitrogens with zero attached hydrogens (tertiary/aromatic N) is 3. The van der Waals surface area contributed by atoms with Crippen molar-refractivity contribution in [1.29, 1.82) is 0 Å². The lowest BCUT2D eigenvalue weighted by molar-refractivity contribution is -0.111. The highest BCUT2D eigenvalue weighted by atomic mass is 16.5. The summed E-state index contributed by atoms with van der Waals surface area (Å²) in [6.45, 7) is 0. The highest BCUT2D eigenvalue weighted by Crippen LogP contribution is 2.38. The van der Waals surface area contributed by atoms with Crippen LogP contribution in [0.5, 0.6) is 23.3 Å². The maximum absolute atomic E-state index is 12.4. The van der Waals surface area contributed by atoms with Gasteiger partial charge in [0.2, 0.25) is 11.7 Å². The van der Waals surface area contributed by atoms with Gasteiger partial charge < -0.3 is 29.2 Å². The predicted molar refractivity (Wildman–Crippen MR) is 107 cm³/mol. The van der Waals surface area contributed by atoms with E-state index in [0.717, 1.165) is 0 Å². The van der Waals surface area contributed by atoms with Crippen LogP contribution in [0.1, 0.15) is 5.56 Å². The summed E-state index contributed by atoms with van der Waals surface area (Å²) in [5.74, 6) is 1.67. The Labute approximate surface area is 163 Å². The third-order valence-corrected chi connectivity index (χ3v) is 3.72. The standard InChI is InChI=1S/C19H24N4O5/c1-23(2)18-13(11-20-19(22-18)28-6)21-16(24)8-7-12-9-14(25-3)17(27-5)15(10-12)26-4/h7-11H,1-6H3,(H,21,24)/b8-7+. The first-order valence-corrected chi connectivity index (χ1v) is 8.30. The predicted octanol–water partition coefficient (Wildman–Crippen LogP) is 2.23. The SMILES string of the molecule is COc1ncc(NC(=O)/C=C/c2cc(OC)c(OC)c(OC)c2)c(N(C)C)n1. The first-order chi connectivity index (χ1) is 13.4. The van der Waals surface area contributed by atoms with Gasteiger partial charge in [0, 0.05) is 20.2 Å². The van der Waals surface area contributed by atoms with E-state index < -0.39 is 0 Å². The third kappa shape index (κ3) is 4.81. The fraction of sp³-hybridized carbons (Fsp3) is 0.316. The molecule has 0 fully saturated rings. The maximum Gasteiger partial charge on any atom is 0.318 e. The number of aromatic nitrogens is 2. The van der Waals surface area contributed by atoms with Crippen molar-refractivity contribution in [2.45, 2.75) is 0 Å². The van der Waals surface area contributed by atoms with Gasteiger partial charge in [-0.2, -0.15) is 4.98 Å². The minimum Gasteiger partial charge on any atom is -0.493 e. The van der Waals surface area contributed by atoms with Crippen molar-refractivity contribution in [2.24, 2.45) is 0 Å². The molecule has 9 heteroatoms. The van der Waals surface area contributed by atoms with E-state index in [4.69, 9.17) is 18.9 Å². The number of carbonyl (C=O) groups is 1. The van der Waals surface area contributed by atoms with Gasteiger partial charge in [-0.25, -0.2) is 4.98 Å². The summed E-state index contributed by atoms with van der Waals surface area (Å²) in [7, 11) is 9.69. The van der Waals surface area contributed by atoms with Gasteiger partial charge in [0.25, 0.3) is 0 Å². The molecule has 0 radical (unpaired) electrons. The molecule has 0 saturated heterocycles. The van der Waals surface area contributed by atoms with Crippen LogP contribution < -0.4 is 29.2 Å². The van der Waals surface area contributed by atoms with Crippen molar-refractivity contribution in [3.05, 3.63) is 30.0 Å². The van der Waals surface area contributed by atoms with Gasteiger partial charge in [-0.05, 0) is 23.8 Å². The van der Waals surface area contributed by atoms with Gasteiger partial charge in [-0.1, -0.05) is 0 Å². The van der Waals surface area contributed by atoms with E-state index >= 15 is 0 Å². The maximum atomic E-state index is 12.4. The Kier molecular flexibility index (Phi) is 7.02. The largest absolute Gasteiger partial charge is 0.493 e. The number of hydrogen-bond acceptors (Lipinski definition) is 8. The first-order valence-electron chi connectivity index (χ1n) is 8.30. The summed E-state index contributed by atoms with van der Waals surface area (Å²) in [6.07, 6.45) is 4.52. The van der Waals surface area contributed by atoms with Crippen LogP contribution in [0.3, 0.4) is 0 Å². The smallest absolute Gasteiger partial charge is 0.318 e. The van der Waals surface area contributed by atoms with E-state index in [1.165, 1.54) is 40.7 Å². The molecule has 0 atom stereocenters. The van der Waals surface area contributed by atoms with Crippen molar-refractivity contribution < 1.29 is 23.7 Å². The van der Waals surface area contributed by atoms with Crippen LogP contribution in [-0.2, 0) is 4.79 Å². The topological polar surface area (TPSA) is 95.0 Å². The first kappa shape index (κ1) is 20.8. The van der Waals surface area contributed by atoms with Crippen LogP contribution >= 0.6 is 0 Å². The number of rotatable bonds is 8. The highest BCUT2D eigenvalue weighted by molar-refractivity contribution is 6.03. The van der Waals surface area contributed by atoms with Gasteiger partial charge in [-0.3, -0.25) is 4.79 Å². The molecule has 0 spiro atoms. The van der Waals surface area contributed by atoms with Crippen molar-refractivity contribution >= 4 is 23.5 Å². The molecule has 0 unspecified atom stereocenters. The van der Waals surface area contributed by atoms with E-state index in [9.17, 15) is 4.79 Å². The molecule has 2 aromatic rings. The monoisotopic (exact) mass is 388 g/mol. The molecule has 1 aromatic carbocycles. The van der Waals surface area contributed by atoms with Gasteiger partial charge in [0.05, 0.1) is 34.6 Å². The fourth-order valence-corrected chi connectivity index (χ4v) is 2.43. The molecule has 0 bridgehead atoms. The van der Waals surface area contributed by atoms with Crippen molar-refractivity contribution in [3.63, 3.8) is 0 Å². The number of methoxy groups -OCH3 is 4. The van der Waals surface area contributed by atoms with E-state index in [0.29, 0.717) is 34.3 Å². The van der Waals surface area contributed by atoms with E-state index in [-0.39, 0.29) is 11.9 Å². The van der Waals surface area contributed by atoms with E-state index in [1.807, 2.05) is 14.1 Å². The van der Waals surface area contributed by atoms with Gasteiger partial charge in [0.15, 0.2) is 17.3 Å². The molecule has 28 heavy (non-hydrogen) atoms. The van der Waals surface area contributed by atoms with Crippen LogP contribution in [0.15, 0.2) is 24.4 Å². The number of ether oxygens (including phenoxy) is 4. The Morgan fingerprint density at radius 1 is 1.04 bits per heavy atom. The summed E-state index contributed by atoms with van der Waals surface area (Å²) in [6, 6.07) is 3.70. The summed E-state index contributed by atoms with van der Waals surface area (Å²) < 4.78 is 20.9. The average Bonchev–Trinajstić information content (AvgIpc) is 2.71. The normalized spacial score (nSPS) is 10.5. The Morgan fingerprint density at radius 3 is 2.18 bits per heavy atom. The zero-order chi connectivity index (χ0) is 20.7. The molecule has 1 heterocycles. The van der Waals surface area contributed by atoms with Crippen LogP contribution in [0.25, 0.3) is 6.08 Å². The molecule has 0 saturated carbocycles. The van der Waals surface area contributed by atoms with Crippen molar-refractivity contribution in [1.82, 2.24) is 9.97 Å². The molecular weight excluding hydrogens is 364 g/mol. The fourth-order valence-electron chi connectivity index (χ4n) is 2.43. The lowest BCUT2D eigenvalue weighted by Gasteiger charge is -2.16. The third-order valence-electron chi connectivity index (χ3n) is 3.72. The summed E-state index contributed by atoms with van der Waals surface area (Å²) >= 11 is 0. The summed E-state index contributed by atoms with van der Waals surface area (Å²) in [5, 5.41) is 2.76. The van der Waals surface area contributed by atoms with Gasteiger partial charge >= 0.3 is 6.01 Å².